The van der Waals surface area contributed by atoms with Crippen LogP contribution in [0.5, 0.6) is 0 Å². The van der Waals surface area contributed by atoms with E-state index in [1.54, 1.807) is 6.20 Å². The first kappa shape index (κ1) is 11.6. The van der Waals surface area contributed by atoms with E-state index in [-0.39, 0.29) is 0 Å². The van der Waals surface area contributed by atoms with E-state index in [4.69, 9.17) is 5.26 Å². The standard InChI is InChI=1S/C13H10BrN3/c1-9-4-2-6-12(10(9)8-15)17-13-11(14)5-3-7-16-13/h2-7H,1H3,(H,16,17). The first-order valence-electron chi connectivity index (χ1n) is 5.09. The number of rotatable bonds is 2. The number of hydrogen-bond donors (Lipinski definition) is 1. The number of aromatic nitrogens is 1. The highest BCUT2D eigenvalue weighted by atomic mass is 79.9. The van der Waals surface area contributed by atoms with Crippen LogP contribution in [0.4, 0.5) is 11.5 Å². The van der Waals surface area contributed by atoms with E-state index in [1.807, 2.05) is 37.3 Å². The van der Waals surface area contributed by atoms with E-state index < -0.39 is 0 Å². The zero-order chi connectivity index (χ0) is 12.3. The molecule has 0 saturated carbocycles. The number of aryl methyl sites for hydroxylation is 1. The monoisotopic (exact) mass is 287 g/mol. The molecule has 1 heterocycles. The third-order valence-electron chi connectivity index (χ3n) is 2.40. The summed E-state index contributed by atoms with van der Waals surface area (Å²) in [5.74, 6) is 0.703. The molecular formula is C13H10BrN3. The van der Waals surface area contributed by atoms with Crippen LogP contribution in [0.25, 0.3) is 0 Å². The molecule has 4 heteroatoms. The van der Waals surface area contributed by atoms with Gasteiger partial charge in [-0.2, -0.15) is 5.26 Å². The van der Waals surface area contributed by atoms with Gasteiger partial charge in [0.1, 0.15) is 11.9 Å². The molecule has 0 bridgehead atoms. The van der Waals surface area contributed by atoms with E-state index in [0.717, 1.165) is 15.7 Å². The number of hydrogen-bond acceptors (Lipinski definition) is 3. The molecule has 0 aliphatic rings. The van der Waals surface area contributed by atoms with Gasteiger partial charge in [0.25, 0.3) is 0 Å². The minimum absolute atomic E-state index is 0.644. The highest BCUT2D eigenvalue weighted by molar-refractivity contribution is 9.10. The summed E-state index contributed by atoms with van der Waals surface area (Å²) in [4.78, 5) is 4.21. The van der Waals surface area contributed by atoms with Gasteiger partial charge < -0.3 is 5.32 Å². The summed E-state index contributed by atoms with van der Waals surface area (Å²) >= 11 is 3.41. The van der Waals surface area contributed by atoms with E-state index >= 15 is 0 Å². The highest BCUT2D eigenvalue weighted by Crippen LogP contribution is 2.26. The average Bonchev–Trinajstić information content (AvgIpc) is 2.32. The number of benzene rings is 1. The van der Waals surface area contributed by atoms with Crippen molar-refractivity contribution in [3.63, 3.8) is 0 Å². The molecule has 3 nitrogen and oxygen atoms in total. The van der Waals surface area contributed by atoms with Crippen molar-refractivity contribution in [1.29, 1.82) is 5.26 Å². The van der Waals surface area contributed by atoms with Crippen molar-refractivity contribution in [3.05, 3.63) is 52.1 Å². The van der Waals surface area contributed by atoms with Crippen LogP contribution in [-0.2, 0) is 0 Å². The minimum atomic E-state index is 0.644. The fourth-order valence-electron chi connectivity index (χ4n) is 1.53. The van der Waals surface area contributed by atoms with Gasteiger partial charge in [0.2, 0.25) is 0 Å². The van der Waals surface area contributed by atoms with Gasteiger partial charge >= 0.3 is 0 Å². The number of anilines is 2. The maximum Gasteiger partial charge on any atom is 0.144 e. The second-order valence-electron chi connectivity index (χ2n) is 3.57. The smallest absolute Gasteiger partial charge is 0.144 e. The summed E-state index contributed by atoms with van der Waals surface area (Å²) in [6, 6.07) is 11.6. The van der Waals surface area contributed by atoms with Crippen molar-refractivity contribution >= 4 is 27.4 Å². The van der Waals surface area contributed by atoms with Gasteiger partial charge in [-0.3, -0.25) is 0 Å². The number of nitrogens with zero attached hydrogens (tertiary/aromatic N) is 2. The van der Waals surface area contributed by atoms with Crippen molar-refractivity contribution in [3.8, 4) is 6.07 Å². The van der Waals surface area contributed by atoms with Gasteiger partial charge in [-0.1, -0.05) is 12.1 Å². The van der Waals surface area contributed by atoms with Crippen LogP contribution >= 0.6 is 15.9 Å². The topological polar surface area (TPSA) is 48.7 Å². The van der Waals surface area contributed by atoms with Crippen LogP contribution in [-0.4, -0.2) is 4.98 Å². The molecule has 0 amide bonds. The predicted molar refractivity (Wildman–Crippen MR) is 71.1 cm³/mol. The van der Waals surface area contributed by atoms with Gasteiger partial charge in [0.15, 0.2) is 0 Å². The number of pyridine rings is 1. The maximum atomic E-state index is 9.12. The Morgan fingerprint density at radius 3 is 2.82 bits per heavy atom. The quantitative estimate of drug-likeness (QED) is 0.915. The van der Waals surface area contributed by atoms with Gasteiger partial charge in [-0.25, -0.2) is 4.98 Å². The lowest BCUT2D eigenvalue weighted by Crippen LogP contribution is -1.98. The number of nitriles is 1. The summed E-state index contributed by atoms with van der Waals surface area (Å²) in [7, 11) is 0. The van der Waals surface area contributed by atoms with E-state index in [1.165, 1.54) is 0 Å². The third kappa shape index (κ3) is 2.45. The molecule has 0 atom stereocenters. The predicted octanol–water partition coefficient (Wildman–Crippen LogP) is 3.77. The third-order valence-corrected chi connectivity index (χ3v) is 3.04. The van der Waals surface area contributed by atoms with Crippen LogP contribution in [0.2, 0.25) is 0 Å². The number of nitrogens with one attached hydrogen (secondary N) is 1. The molecule has 2 rings (SSSR count). The Labute approximate surface area is 108 Å². The first-order chi connectivity index (χ1) is 8.22. The molecule has 0 unspecified atom stereocenters. The molecule has 0 fully saturated rings. The van der Waals surface area contributed by atoms with Crippen LogP contribution in [0, 0.1) is 18.3 Å². The fourth-order valence-corrected chi connectivity index (χ4v) is 1.88. The molecule has 84 valence electrons. The molecule has 17 heavy (non-hydrogen) atoms. The maximum absolute atomic E-state index is 9.12. The van der Waals surface area contributed by atoms with Crippen LogP contribution in [0.1, 0.15) is 11.1 Å². The molecule has 0 radical (unpaired) electrons. The van der Waals surface area contributed by atoms with Crippen molar-refractivity contribution in [2.75, 3.05) is 5.32 Å². The minimum Gasteiger partial charge on any atom is -0.338 e. The zero-order valence-corrected chi connectivity index (χ0v) is 10.8. The first-order valence-corrected chi connectivity index (χ1v) is 5.89. The summed E-state index contributed by atoms with van der Waals surface area (Å²) in [5, 5.41) is 12.3. The lowest BCUT2D eigenvalue weighted by atomic mass is 10.1. The molecule has 0 saturated heterocycles. The van der Waals surface area contributed by atoms with E-state index in [9.17, 15) is 0 Å². The highest BCUT2D eigenvalue weighted by Gasteiger charge is 2.07. The largest absolute Gasteiger partial charge is 0.338 e. The zero-order valence-electron chi connectivity index (χ0n) is 9.24. The van der Waals surface area contributed by atoms with Crippen molar-refractivity contribution < 1.29 is 0 Å². The second-order valence-corrected chi connectivity index (χ2v) is 4.42. The van der Waals surface area contributed by atoms with E-state index in [0.29, 0.717) is 11.4 Å². The molecule has 2 aromatic rings. The van der Waals surface area contributed by atoms with E-state index in [2.05, 4.69) is 32.3 Å². The van der Waals surface area contributed by atoms with Gasteiger partial charge in [0, 0.05) is 6.20 Å². The molecule has 0 aliphatic carbocycles. The average molecular weight is 288 g/mol. The molecule has 1 aromatic carbocycles. The van der Waals surface area contributed by atoms with Crippen molar-refractivity contribution in [1.82, 2.24) is 4.98 Å². The Kier molecular flexibility index (Phi) is 3.40. The molecule has 0 spiro atoms. The Balaban J connectivity index is 2.41. The van der Waals surface area contributed by atoms with Crippen LogP contribution in [0.15, 0.2) is 41.0 Å². The Bertz CT molecular complexity index is 587. The molecular weight excluding hydrogens is 278 g/mol. The van der Waals surface area contributed by atoms with Gasteiger partial charge in [-0.15, -0.1) is 0 Å². The molecule has 1 N–H and O–H groups in total. The van der Waals surface area contributed by atoms with Crippen molar-refractivity contribution in [2.24, 2.45) is 0 Å². The lowest BCUT2D eigenvalue weighted by molar-refractivity contribution is 1.28. The SMILES string of the molecule is Cc1cccc(Nc2ncccc2Br)c1C#N. The van der Waals surface area contributed by atoms with Crippen molar-refractivity contribution in [2.45, 2.75) is 6.92 Å². The normalized spacial score (nSPS) is 9.71. The molecule has 0 aliphatic heterocycles. The summed E-state index contributed by atoms with van der Waals surface area (Å²) < 4.78 is 0.866. The summed E-state index contributed by atoms with van der Waals surface area (Å²) in [6.07, 6.45) is 1.70. The fraction of sp³-hybridized carbons (Fsp3) is 0.0769. The molecule has 1 aromatic heterocycles. The van der Waals surface area contributed by atoms with Gasteiger partial charge in [0.05, 0.1) is 15.7 Å². The summed E-state index contributed by atoms with van der Waals surface area (Å²) in [5.41, 5.74) is 2.36. The Morgan fingerprint density at radius 2 is 2.12 bits per heavy atom. The second kappa shape index (κ2) is 4.98. The Morgan fingerprint density at radius 1 is 1.29 bits per heavy atom. The Hall–Kier alpha value is -1.86. The van der Waals surface area contributed by atoms with Crippen LogP contribution < -0.4 is 5.32 Å². The van der Waals surface area contributed by atoms with Gasteiger partial charge in [-0.05, 0) is 46.6 Å². The van der Waals surface area contributed by atoms with Crippen LogP contribution in [0.3, 0.4) is 0 Å². The lowest BCUT2D eigenvalue weighted by Gasteiger charge is -2.10. The summed E-state index contributed by atoms with van der Waals surface area (Å²) in [6.45, 7) is 1.91. The number of halogens is 1.